The molecule has 1 unspecified atom stereocenters. The van der Waals surface area contributed by atoms with Crippen LogP contribution in [0.4, 0.5) is 5.69 Å². The fourth-order valence-corrected chi connectivity index (χ4v) is 2.43. The quantitative estimate of drug-likeness (QED) is 0.645. The lowest BCUT2D eigenvalue weighted by Crippen LogP contribution is -2.38. The Bertz CT molecular complexity index is 478. The minimum absolute atomic E-state index is 0.231. The van der Waals surface area contributed by atoms with Crippen molar-refractivity contribution in [2.75, 3.05) is 18.6 Å². The van der Waals surface area contributed by atoms with E-state index < -0.39 is 0 Å². The number of hydrogen-bond donors (Lipinski definition) is 1. The molecule has 0 radical (unpaired) electrons. The number of aromatic nitrogens is 1. The van der Waals surface area contributed by atoms with E-state index in [4.69, 9.17) is 22.7 Å². The molecule has 2 heterocycles. The number of thiocarbonyl (C=S) groups is 1. The maximum atomic E-state index is 11.7. The van der Waals surface area contributed by atoms with Crippen LogP contribution in [-0.2, 0) is 9.53 Å². The SMILES string of the molecule is COC(=O)C1CCCN1c1cnccc1C(N)=S. The zero-order valence-corrected chi connectivity index (χ0v) is 10.9. The minimum atomic E-state index is -0.271. The van der Waals surface area contributed by atoms with Crippen LogP contribution in [0.5, 0.6) is 0 Å². The van der Waals surface area contributed by atoms with Crippen molar-refractivity contribution < 1.29 is 9.53 Å². The van der Waals surface area contributed by atoms with Crippen molar-refractivity contribution >= 4 is 28.9 Å². The second-order valence-corrected chi connectivity index (χ2v) is 4.57. The summed E-state index contributed by atoms with van der Waals surface area (Å²) in [5, 5.41) is 0. The fourth-order valence-electron chi connectivity index (χ4n) is 2.26. The van der Waals surface area contributed by atoms with Gasteiger partial charge in [-0.15, -0.1) is 0 Å². The van der Waals surface area contributed by atoms with E-state index in [-0.39, 0.29) is 12.0 Å². The first-order chi connectivity index (χ1) is 8.65. The lowest BCUT2D eigenvalue weighted by Gasteiger charge is -2.26. The smallest absolute Gasteiger partial charge is 0.328 e. The highest BCUT2D eigenvalue weighted by molar-refractivity contribution is 7.80. The Kier molecular flexibility index (Phi) is 3.76. The lowest BCUT2D eigenvalue weighted by atomic mass is 10.1. The van der Waals surface area contributed by atoms with Gasteiger partial charge in [0.1, 0.15) is 11.0 Å². The van der Waals surface area contributed by atoms with E-state index in [1.54, 1.807) is 18.5 Å². The molecule has 18 heavy (non-hydrogen) atoms. The van der Waals surface area contributed by atoms with Crippen LogP contribution in [0.3, 0.4) is 0 Å². The largest absolute Gasteiger partial charge is 0.467 e. The molecule has 0 aliphatic carbocycles. The van der Waals surface area contributed by atoms with Gasteiger partial charge in [-0.3, -0.25) is 4.98 Å². The van der Waals surface area contributed by atoms with Gasteiger partial charge in [0.25, 0.3) is 0 Å². The van der Waals surface area contributed by atoms with Gasteiger partial charge in [0.2, 0.25) is 0 Å². The van der Waals surface area contributed by atoms with Crippen LogP contribution < -0.4 is 10.6 Å². The van der Waals surface area contributed by atoms with Crippen molar-refractivity contribution in [1.29, 1.82) is 0 Å². The average Bonchev–Trinajstić information content (AvgIpc) is 2.86. The number of carbonyl (C=O) groups excluding carboxylic acids is 1. The highest BCUT2D eigenvalue weighted by atomic mass is 32.1. The van der Waals surface area contributed by atoms with Gasteiger partial charge >= 0.3 is 5.97 Å². The molecule has 0 bridgehead atoms. The molecule has 1 fully saturated rings. The average molecular weight is 265 g/mol. The summed E-state index contributed by atoms with van der Waals surface area (Å²) in [6, 6.07) is 1.50. The number of hydrogen-bond acceptors (Lipinski definition) is 5. The van der Waals surface area contributed by atoms with Gasteiger partial charge in [0.15, 0.2) is 0 Å². The molecule has 1 aliphatic rings. The molecule has 1 saturated heterocycles. The van der Waals surface area contributed by atoms with Gasteiger partial charge in [-0.1, -0.05) is 12.2 Å². The van der Waals surface area contributed by atoms with E-state index in [0.29, 0.717) is 4.99 Å². The molecule has 0 aromatic carbocycles. The van der Waals surface area contributed by atoms with Crippen molar-refractivity contribution in [3.05, 3.63) is 24.0 Å². The highest BCUT2D eigenvalue weighted by Gasteiger charge is 2.33. The third kappa shape index (κ3) is 2.28. The highest BCUT2D eigenvalue weighted by Crippen LogP contribution is 2.28. The summed E-state index contributed by atoms with van der Waals surface area (Å²) < 4.78 is 4.82. The second-order valence-electron chi connectivity index (χ2n) is 4.13. The summed E-state index contributed by atoms with van der Waals surface area (Å²) in [6.45, 7) is 0.779. The Hall–Kier alpha value is -1.69. The number of anilines is 1. The van der Waals surface area contributed by atoms with Gasteiger partial charge in [-0.05, 0) is 18.9 Å². The summed E-state index contributed by atoms with van der Waals surface area (Å²) in [6.07, 6.45) is 5.04. The minimum Gasteiger partial charge on any atom is -0.467 e. The van der Waals surface area contributed by atoms with Crippen LogP contribution in [-0.4, -0.2) is 35.6 Å². The summed E-state index contributed by atoms with van der Waals surface area (Å²) in [5.74, 6) is -0.231. The first-order valence-electron chi connectivity index (χ1n) is 5.73. The topological polar surface area (TPSA) is 68.5 Å². The molecule has 2 N–H and O–H groups in total. The molecule has 1 aromatic heterocycles. The molecule has 5 nitrogen and oxygen atoms in total. The third-order valence-electron chi connectivity index (χ3n) is 3.10. The Labute approximate surface area is 111 Å². The summed E-state index contributed by atoms with van der Waals surface area (Å²) in [7, 11) is 1.40. The Balaban J connectivity index is 2.36. The van der Waals surface area contributed by atoms with E-state index in [0.717, 1.165) is 30.6 Å². The molecule has 2 rings (SSSR count). The van der Waals surface area contributed by atoms with Crippen LogP contribution in [0, 0.1) is 0 Å². The van der Waals surface area contributed by atoms with E-state index in [2.05, 4.69) is 4.98 Å². The van der Waals surface area contributed by atoms with Crippen molar-refractivity contribution in [3.63, 3.8) is 0 Å². The van der Waals surface area contributed by atoms with Crippen LogP contribution in [0.25, 0.3) is 0 Å². The molecule has 1 aliphatic heterocycles. The van der Waals surface area contributed by atoms with E-state index in [1.807, 2.05) is 4.90 Å². The Morgan fingerprint density at radius 1 is 1.67 bits per heavy atom. The monoisotopic (exact) mass is 265 g/mol. The van der Waals surface area contributed by atoms with Gasteiger partial charge in [0, 0.05) is 18.3 Å². The Morgan fingerprint density at radius 2 is 2.44 bits per heavy atom. The normalized spacial score (nSPS) is 18.7. The number of methoxy groups -OCH3 is 1. The van der Waals surface area contributed by atoms with Gasteiger partial charge < -0.3 is 15.4 Å². The molecular formula is C12H15N3O2S. The molecule has 6 heteroatoms. The van der Waals surface area contributed by atoms with Crippen LogP contribution >= 0.6 is 12.2 Å². The van der Waals surface area contributed by atoms with Crippen molar-refractivity contribution in [1.82, 2.24) is 4.98 Å². The maximum absolute atomic E-state index is 11.7. The number of rotatable bonds is 3. The zero-order valence-electron chi connectivity index (χ0n) is 10.1. The van der Waals surface area contributed by atoms with E-state index >= 15 is 0 Å². The number of esters is 1. The Morgan fingerprint density at radius 3 is 3.11 bits per heavy atom. The number of nitrogens with two attached hydrogens (primary N) is 1. The van der Waals surface area contributed by atoms with Gasteiger partial charge in [-0.25, -0.2) is 4.79 Å². The predicted octanol–water partition coefficient (Wildman–Crippen LogP) is 0.858. The van der Waals surface area contributed by atoms with Gasteiger partial charge in [-0.2, -0.15) is 0 Å². The molecule has 1 aromatic rings. The summed E-state index contributed by atoms with van der Waals surface area (Å²) >= 11 is 5.02. The molecular weight excluding hydrogens is 250 g/mol. The predicted molar refractivity (Wildman–Crippen MR) is 72.5 cm³/mol. The number of pyridine rings is 1. The first kappa shape index (κ1) is 12.8. The summed E-state index contributed by atoms with van der Waals surface area (Å²) in [5.41, 5.74) is 7.25. The van der Waals surface area contributed by atoms with Crippen molar-refractivity contribution in [2.45, 2.75) is 18.9 Å². The molecule has 0 amide bonds. The van der Waals surface area contributed by atoms with E-state index in [1.165, 1.54) is 7.11 Å². The molecule has 0 spiro atoms. The zero-order chi connectivity index (χ0) is 13.1. The fraction of sp³-hybridized carbons (Fsp3) is 0.417. The van der Waals surface area contributed by atoms with E-state index in [9.17, 15) is 4.79 Å². The molecule has 0 saturated carbocycles. The van der Waals surface area contributed by atoms with Crippen LogP contribution in [0.1, 0.15) is 18.4 Å². The molecule has 1 atom stereocenters. The second kappa shape index (κ2) is 5.30. The van der Waals surface area contributed by atoms with Crippen LogP contribution in [0.15, 0.2) is 18.5 Å². The van der Waals surface area contributed by atoms with Gasteiger partial charge in [0.05, 0.1) is 19.0 Å². The molecule has 96 valence electrons. The maximum Gasteiger partial charge on any atom is 0.328 e. The van der Waals surface area contributed by atoms with Crippen molar-refractivity contribution in [2.24, 2.45) is 5.73 Å². The lowest BCUT2D eigenvalue weighted by molar-refractivity contribution is -0.141. The standard InChI is InChI=1S/C12H15N3O2S/c1-17-12(16)9-3-2-6-15(9)10-7-14-5-4-8(10)11(13)18/h4-5,7,9H,2-3,6H2,1H3,(H2,13,18). The summed E-state index contributed by atoms with van der Waals surface area (Å²) in [4.78, 5) is 18.1. The third-order valence-corrected chi connectivity index (χ3v) is 3.32. The number of nitrogens with zero attached hydrogens (tertiary/aromatic N) is 2. The first-order valence-corrected chi connectivity index (χ1v) is 6.14. The van der Waals surface area contributed by atoms with Crippen LogP contribution in [0.2, 0.25) is 0 Å². The number of ether oxygens (including phenoxy) is 1. The number of carbonyl (C=O) groups is 1. The van der Waals surface area contributed by atoms with Crippen molar-refractivity contribution in [3.8, 4) is 0 Å².